The van der Waals surface area contributed by atoms with Gasteiger partial charge in [-0.2, -0.15) is 5.10 Å². The van der Waals surface area contributed by atoms with E-state index in [1.807, 2.05) is 19.1 Å². The molecule has 3 rings (SSSR count). The molecule has 0 fully saturated rings. The molecule has 1 heterocycles. The van der Waals surface area contributed by atoms with E-state index in [0.29, 0.717) is 21.7 Å². The van der Waals surface area contributed by atoms with Crippen molar-refractivity contribution >= 4 is 40.1 Å². The Morgan fingerprint density at radius 2 is 1.76 bits per heavy atom. The maximum Gasteiger partial charge on any atom is 0.324 e. The van der Waals surface area contributed by atoms with E-state index in [1.165, 1.54) is 12.3 Å². The van der Waals surface area contributed by atoms with Crippen LogP contribution in [-0.2, 0) is 0 Å². The first-order chi connectivity index (χ1) is 13.9. The van der Waals surface area contributed by atoms with Crippen LogP contribution in [-0.4, -0.2) is 23.0 Å². The standard InChI is InChI=1S/C20H16N4O4S/c1-13-4-2-3-5-17(13)20(26)22-15-8-6-14(7-9-15)19(25)23-21-12-16-10-11-18(29-16)24(27)28/h2-12H,1H3,(H,22,26)(H,23,25)/b21-12-. The predicted molar refractivity (Wildman–Crippen MR) is 112 cm³/mol. The second kappa shape index (κ2) is 8.89. The van der Waals surface area contributed by atoms with Crippen LogP contribution in [0.3, 0.4) is 0 Å². The van der Waals surface area contributed by atoms with Crippen LogP contribution in [0.15, 0.2) is 65.8 Å². The van der Waals surface area contributed by atoms with Gasteiger partial charge in [-0.25, -0.2) is 5.43 Å². The molecule has 146 valence electrons. The number of benzene rings is 2. The van der Waals surface area contributed by atoms with Crippen LogP contribution >= 0.6 is 11.3 Å². The number of thiophene rings is 1. The molecule has 0 spiro atoms. The van der Waals surface area contributed by atoms with E-state index in [0.717, 1.165) is 16.9 Å². The van der Waals surface area contributed by atoms with E-state index >= 15 is 0 Å². The molecule has 0 aliphatic rings. The molecule has 2 N–H and O–H groups in total. The summed E-state index contributed by atoms with van der Waals surface area (Å²) in [6.07, 6.45) is 1.34. The Balaban J connectivity index is 1.58. The number of amides is 2. The number of nitrogens with one attached hydrogen (secondary N) is 2. The average Bonchev–Trinajstić information content (AvgIpc) is 3.18. The number of carbonyl (C=O) groups excluding carboxylic acids is 2. The Morgan fingerprint density at radius 1 is 1.03 bits per heavy atom. The third-order valence-electron chi connectivity index (χ3n) is 3.95. The van der Waals surface area contributed by atoms with Gasteiger partial charge in [-0.1, -0.05) is 29.5 Å². The van der Waals surface area contributed by atoms with E-state index < -0.39 is 10.8 Å². The Kier molecular flexibility index (Phi) is 6.10. The van der Waals surface area contributed by atoms with Crippen LogP contribution < -0.4 is 10.7 Å². The molecule has 2 aromatic carbocycles. The lowest BCUT2D eigenvalue weighted by Gasteiger charge is -2.08. The molecular weight excluding hydrogens is 392 g/mol. The van der Waals surface area contributed by atoms with E-state index in [2.05, 4.69) is 15.8 Å². The summed E-state index contributed by atoms with van der Waals surface area (Å²) in [5.41, 5.74) is 4.73. The molecule has 0 bridgehead atoms. The SMILES string of the molecule is Cc1ccccc1C(=O)Nc1ccc(C(=O)N/N=C\c2ccc([N+](=O)[O-])s2)cc1. The highest BCUT2D eigenvalue weighted by atomic mass is 32.1. The molecule has 1 aromatic heterocycles. The van der Waals surface area contributed by atoms with Gasteiger partial charge >= 0.3 is 5.00 Å². The van der Waals surface area contributed by atoms with Crippen LogP contribution in [0.2, 0.25) is 0 Å². The summed E-state index contributed by atoms with van der Waals surface area (Å²) in [6, 6.07) is 16.6. The molecular formula is C20H16N4O4S. The zero-order valence-electron chi connectivity index (χ0n) is 15.3. The lowest BCUT2D eigenvalue weighted by molar-refractivity contribution is -0.380. The van der Waals surface area contributed by atoms with Crippen molar-refractivity contribution in [3.8, 4) is 0 Å². The smallest absolute Gasteiger partial charge is 0.322 e. The second-order valence-electron chi connectivity index (χ2n) is 5.98. The summed E-state index contributed by atoms with van der Waals surface area (Å²) in [6.45, 7) is 1.86. The Bertz CT molecular complexity index is 1090. The number of carbonyl (C=O) groups is 2. The minimum Gasteiger partial charge on any atom is -0.322 e. The van der Waals surface area contributed by atoms with E-state index in [9.17, 15) is 19.7 Å². The first-order valence-electron chi connectivity index (χ1n) is 8.49. The van der Waals surface area contributed by atoms with Crippen LogP contribution in [0.1, 0.15) is 31.2 Å². The minimum absolute atomic E-state index is 0.00103. The topological polar surface area (TPSA) is 114 Å². The second-order valence-corrected chi connectivity index (χ2v) is 7.07. The van der Waals surface area contributed by atoms with Crippen LogP contribution in [0.25, 0.3) is 0 Å². The number of hydrogen-bond acceptors (Lipinski definition) is 6. The molecule has 0 saturated carbocycles. The fraction of sp³-hybridized carbons (Fsp3) is 0.0500. The summed E-state index contributed by atoms with van der Waals surface area (Å²) in [7, 11) is 0. The lowest BCUT2D eigenvalue weighted by atomic mass is 10.1. The number of aryl methyl sites for hydroxylation is 1. The van der Waals surface area contributed by atoms with Crippen molar-refractivity contribution in [1.82, 2.24) is 5.43 Å². The quantitative estimate of drug-likeness (QED) is 0.365. The lowest BCUT2D eigenvalue weighted by Crippen LogP contribution is -2.18. The fourth-order valence-corrected chi connectivity index (χ4v) is 3.15. The summed E-state index contributed by atoms with van der Waals surface area (Å²) >= 11 is 0.955. The van der Waals surface area contributed by atoms with Crippen molar-refractivity contribution in [1.29, 1.82) is 0 Å². The van der Waals surface area contributed by atoms with Crippen molar-refractivity contribution in [2.24, 2.45) is 5.10 Å². The van der Waals surface area contributed by atoms with Gasteiger partial charge in [-0.05, 0) is 48.9 Å². The number of hydrogen-bond donors (Lipinski definition) is 2. The van der Waals surface area contributed by atoms with Gasteiger partial charge in [0, 0.05) is 22.9 Å². The van der Waals surface area contributed by atoms with Gasteiger partial charge in [-0.3, -0.25) is 19.7 Å². The Morgan fingerprint density at radius 3 is 2.41 bits per heavy atom. The van der Waals surface area contributed by atoms with E-state index in [-0.39, 0.29) is 10.9 Å². The summed E-state index contributed by atoms with van der Waals surface area (Å²) < 4.78 is 0. The largest absolute Gasteiger partial charge is 0.324 e. The van der Waals surface area contributed by atoms with Gasteiger partial charge in [0.15, 0.2) is 0 Å². The summed E-state index contributed by atoms with van der Waals surface area (Å²) in [5, 5.41) is 17.2. The van der Waals surface area contributed by atoms with Gasteiger partial charge in [0.1, 0.15) is 0 Å². The summed E-state index contributed by atoms with van der Waals surface area (Å²) in [5.74, 6) is -0.668. The van der Waals surface area contributed by atoms with Crippen molar-refractivity contribution in [3.05, 3.63) is 92.3 Å². The van der Waals surface area contributed by atoms with E-state index in [4.69, 9.17) is 0 Å². The van der Waals surface area contributed by atoms with Gasteiger partial charge in [0.05, 0.1) is 16.0 Å². The number of hydrazone groups is 1. The number of rotatable bonds is 6. The molecule has 0 atom stereocenters. The maximum absolute atomic E-state index is 12.3. The molecule has 0 saturated heterocycles. The minimum atomic E-state index is -0.486. The Labute approximate surface area is 170 Å². The molecule has 0 unspecified atom stereocenters. The molecule has 3 aromatic rings. The van der Waals surface area contributed by atoms with Gasteiger partial charge in [0.25, 0.3) is 11.8 Å². The van der Waals surface area contributed by atoms with E-state index in [1.54, 1.807) is 42.5 Å². The van der Waals surface area contributed by atoms with Crippen LogP contribution in [0.5, 0.6) is 0 Å². The molecule has 0 aliphatic carbocycles. The molecule has 0 aliphatic heterocycles. The highest BCUT2D eigenvalue weighted by Crippen LogP contribution is 2.22. The number of nitro groups is 1. The zero-order valence-corrected chi connectivity index (χ0v) is 16.1. The Hall–Kier alpha value is -3.85. The van der Waals surface area contributed by atoms with Crippen molar-refractivity contribution in [2.75, 3.05) is 5.32 Å². The van der Waals surface area contributed by atoms with Crippen molar-refractivity contribution in [3.63, 3.8) is 0 Å². The van der Waals surface area contributed by atoms with Gasteiger partial charge in [0.2, 0.25) is 0 Å². The normalized spacial score (nSPS) is 10.7. The monoisotopic (exact) mass is 408 g/mol. The van der Waals surface area contributed by atoms with Crippen LogP contribution in [0.4, 0.5) is 10.7 Å². The number of anilines is 1. The predicted octanol–water partition coefficient (Wildman–Crippen LogP) is 3.98. The van der Waals surface area contributed by atoms with Gasteiger partial charge in [-0.15, -0.1) is 0 Å². The van der Waals surface area contributed by atoms with Crippen molar-refractivity contribution < 1.29 is 14.5 Å². The average molecular weight is 408 g/mol. The summed E-state index contributed by atoms with van der Waals surface area (Å²) in [4.78, 5) is 35.2. The molecule has 2 amide bonds. The molecule has 0 radical (unpaired) electrons. The highest BCUT2D eigenvalue weighted by Gasteiger charge is 2.10. The zero-order chi connectivity index (χ0) is 20.8. The van der Waals surface area contributed by atoms with Crippen LogP contribution in [0, 0.1) is 17.0 Å². The number of nitrogens with zero attached hydrogens (tertiary/aromatic N) is 2. The molecule has 8 nitrogen and oxygen atoms in total. The first-order valence-corrected chi connectivity index (χ1v) is 9.30. The third kappa shape index (κ3) is 5.11. The first kappa shape index (κ1) is 19.9. The van der Waals surface area contributed by atoms with Gasteiger partial charge < -0.3 is 5.32 Å². The molecule has 29 heavy (non-hydrogen) atoms. The third-order valence-corrected chi connectivity index (χ3v) is 4.92. The fourth-order valence-electron chi connectivity index (χ4n) is 2.46. The maximum atomic E-state index is 12.3. The highest BCUT2D eigenvalue weighted by molar-refractivity contribution is 7.16. The molecule has 9 heteroatoms. The van der Waals surface area contributed by atoms with Crippen molar-refractivity contribution in [2.45, 2.75) is 6.92 Å².